The van der Waals surface area contributed by atoms with Gasteiger partial charge in [0.1, 0.15) is 24.4 Å². The second-order valence-corrected chi connectivity index (χ2v) is 9.24. The SMILES string of the molecule is CC(O)Nc1ccc(C2CCCC2c2cc(C(F)(F)F)ccc2OCc2ccc(F)cc2)cc1C(=O)O. The van der Waals surface area contributed by atoms with Gasteiger partial charge in [-0.2, -0.15) is 13.2 Å². The fourth-order valence-electron chi connectivity index (χ4n) is 4.94. The van der Waals surface area contributed by atoms with Crippen molar-refractivity contribution in [3.63, 3.8) is 0 Å². The summed E-state index contributed by atoms with van der Waals surface area (Å²) < 4.78 is 60.0. The lowest BCUT2D eigenvalue weighted by atomic mass is 9.82. The van der Waals surface area contributed by atoms with Gasteiger partial charge in [-0.25, -0.2) is 9.18 Å². The standard InChI is InChI=1S/C28H27F4NO4/c1-16(34)33-25-11-7-18(13-24(25)27(35)36)21-3-2-4-22(21)23-14-19(28(30,31)32)8-12-26(23)37-15-17-5-9-20(29)10-6-17/h5-14,16,21-22,33-34H,2-4,15H2,1H3,(H,35,36). The number of carboxylic acids is 1. The molecule has 3 N–H and O–H groups in total. The Morgan fingerprint density at radius 2 is 1.76 bits per heavy atom. The number of carbonyl (C=O) groups is 1. The lowest BCUT2D eigenvalue weighted by molar-refractivity contribution is -0.137. The molecule has 3 atom stereocenters. The Kier molecular flexibility index (Phi) is 7.73. The predicted octanol–water partition coefficient (Wildman–Crippen LogP) is 6.92. The zero-order valence-electron chi connectivity index (χ0n) is 20.1. The van der Waals surface area contributed by atoms with Crippen LogP contribution in [0.25, 0.3) is 0 Å². The summed E-state index contributed by atoms with van der Waals surface area (Å²) in [7, 11) is 0. The van der Waals surface area contributed by atoms with Gasteiger partial charge in [0, 0.05) is 0 Å². The summed E-state index contributed by atoms with van der Waals surface area (Å²) in [6, 6.07) is 13.9. The van der Waals surface area contributed by atoms with Crippen LogP contribution in [-0.2, 0) is 12.8 Å². The molecule has 1 fully saturated rings. The van der Waals surface area contributed by atoms with Crippen molar-refractivity contribution in [3.05, 3.63) is 94.3 Å². The smallest absolute Gasteiger partial charge is 0.416 e. The van der Waals surface area contributed by atoms with Crippen molar-refractivity contribution < 1.29 is 37.3 Å². The van der Waals surface area contributed by atoms with Crippen molar-refractivity contribution in [2.45, 2.75) is 57.0 Å². The Labute approximate surface area is 211 Å². The Morgan fingerprint density at radius 1 is 1.05 bits per heavy atom. The maximum absolute atomic E-state index is 13.6. The van der Waals surface area contributed by atoms with Crippen LogP contribution in [0.15, 0.2) is 60.7 Å². The molecule has 0 amide bonds. The van der Waals surface area contributed by atoms with Gasteiger partial charge in [0.05, 0.1) is 16.8 Å². The molecule has 0 aliphatic heterocycles. The molecule has 37 heavy (non-hydrogen) atoms. The first-order chi connectivity index (χ1) is 17.5. The molecular formula is C28H27F4NO4. The number of carboxylic acid groups (broad SMARTS) is 1. The third-order valence-electron chi connectivity index (χ3n) is 6.63. The number of rotatable bonds is 8. The predicted molar refractivity (Wildman–Crippen MR) is 130 cm³/mol. The van der Waals surface area contributed by atoms with Gasteiger partial charge in [-0.15, -0.1) is 0 Å². The Balaban J connectivity index is 1.70. The second kappa shape index (κ2) is 10.8. The summed E-state index contributed by atoms with van der Waals surface area (Å²) in [6.07, 6.45) is -3.48. The molecule has 0 spiro atoms. The number of aromatic carboxylic acids is 1. The number of hydrogen-bond acceptors (Lipinski definition) is 4. The van der Waals surface area contributed by atoms with Gasteiger partial charge in [-0.1, -0.05) is 24.6 Å². The third-order valence-corrected chi connectivity index (χ3v) is 6.63. The lowest BCUT2D eigenvalue weighted by Crippen LogP contribution is -2.17. The lowest BCUT2D eigenvalue weighted by Gasteiger charge is -2.25. The van der Waals surface area contributed by atoms with Crippen molar-refractivity contribution in [3.8, 4) is 5.75 Å². The fraction of sp³-hybridized carbons (Fsp3) is 0.321. The molecule has 5 nitrogen and oxygen atoms in total. The van der Waals surface area contributed by atoms with E-state index in [1.54, 1.807) is 24.3 Å². The van der Waals surface area contributed by atoms with Gasteiger partial charge in [-0.05, 0) is 90.8 Å². The molecule has 3 unspecified atom stereocenters. The van der Waals surface area contributed by atoms with Crippen LogP contribution in [0.3, 0.4) is 0 Å². The highest BCUT2D eigenvalue weighted by Crippen LogP contribution is 2.50. The van der Waals surface area contributed by atoms with Crippen LogP contribution in [0.4, 0.5) is 23.2 Å². The van der Waals surface area contributed by atoms with Crippen LogP contribution in [0.1, 0.15) is 70.6 Å². The number of hydrogen-bond donors (Lipinski definition) is 3. The zero-order valence-corrected chi connectivity index (χ0v) is 20.1. The number of halogens is 4. The van der Waals surface area contributed by atoms with Gasteiger partial charge >= 0.3 is 12.1 Å². The van der Waals surface area contributed by atoms with E-state index in [1.165, 1.54) is 31.2 Å². The molecule has 0 heterocycles. The van der Waals surface area contributed by atoms with Crippen LogP contribution in [0, 0.1) is 5.82 Å². The first-order valence-corrected chi connectivity index (χ1v) is 11.9. The van der Waals surface area contributed by atoms with E-state index in [2.05, 4.69) is 5.32 Å². The van der Waals surface area contributed by atoms with E-state index in [4.69, 9.17) is 4.74 Å². The molecule has 1 aliphatic carbocycles. The Hall–Kier alpha value is -3.59. The summed E-state index contributed by atoms with van der Waals surface area (Å²) in [5, 5.41) is 22.0. The van der Waals surface area contributed by atoms with Crippen LogP contribution in [0.5, 0.6) is 5.75 Å². The molecule has 0 bridgehead atoms. The summed E-state index contributed by atoms with van der Waals surface area (Å²) in [6.45, 7) is 1.52. The van der Waals surface area contributed by atoms with E-state index in [-0.39, 0.29) is 29.7 Å². The molecule has 3 aromatic carbocycles. The summed E-state index contributed by atoms with van der Waals surface area (Å²) in [4.78, 5) is 11.9. The van der Waals surface area contributed by atoms with E-state index in [1.807, 2.05) is 0 Å². The highest BCUT2D eigenvalue weighted by molar-refractivity contribution is 5.94. The second-order valence-electron chi connectivity index (χ2n) is 9.24. The van der Waals surface area contributed by atoms with Crippen LogP contribution in [0.2, 0.25) is 0 Å². The van der Waals surface area contributed by atoms with Crippen molar-refractivity contribution >= 4 is 11.7 Å². The van der Waals surface area contributed by atoms with Gasteiger partial charge < -0.3 is 20.3 Å². The fourth-order valence-corrected chi connectivity index (χ4v) is 4.94. The topological polar surface area (TPSA) is 78.8 Å². The molecule has 196 valence electrons. The number of alkyl halides is 3. The first-order valence-electron chi connectivity index (χ1n) is 11.9. The molecule has 9 heteroatoms. The van der Waals surface area contributed by atoms with Gasteiger partial charge in [-0.3, -0.25) is 0 Å². The number of ether oxygens (including phenoxy) is 1. The van der Waals surface area contributed by atoms with Crippen molar-refractivity contribution in [1.82, 2.24) is 0 Å². The van der Waals surface area contributed by atoms with Crippen molar-refractivity contribution in [1.29, 1.82) is 0 Å². The maximum Gasteiger partial charge on any atom is 0.416 e. The van der Waals surface area contributed by atoms with Gasteiger partial charge in [0.15, 0.2) is 0 Å². The van der Waals surface area contributed by atoms with E-state index in [0.717, 1.165) is 18.6 Å². The van der Waals surface area contributed by atoms with E-state index < -0.39 is 29.8 Å². The van der Waals surface area contributed by atoms with E-state index in [9.17, 15) is 32.6 Å². The molecule has 3 aromatic rings. The zero-order chi connectivity index (χ0) is 26.7. The van der Waals surface area contributed by atoms with E-state index >= 15 is 0 Å². The molecule has 0 radical (unpaired) electrons. The maximum atomic E-state index is 13.6. The van der Waals surface area contributed by atoms with E-state index in [0.29, 0.717) is 35.3 Å². The highest BCUT2D eigenvalue weighted by Gasteiger charge is 2.36. The number of benzene rings is 3. The quantitative estimate of drug-likeness (QED) is 0.223. The van der Waals surface area contributed by atoms with Gasteiger partial charge in [0.2, 0.25) is 0 Å². The number of anilines is 1. The van der Waals surface area contributed by atoms with Crippen LogP contribution < -0.4 is 10.1 Å². The minimum Gasteiger partial charge on any atom is -0.489 e. The Bertz CT molecular complexity index is 1260. The number of aliphatic hydroxyl groups is 1. The molecule has 1 saturated carbocycles. The third kappa shape index (κ3) is 6.22. The van der Waals surface area contributed by atoms with Gasteiger partial charge in [0.25, 0.3) is 0 Å². The minimum atomic E-state index is -4.54. The number of nitrogens with one attached hydrogen (secondary N) is 1. The summed E-state index contributed by atoms with van der Waals surface area (Å²) in [5.41, 5.74) is 1.21. The first kappa shape index (κ1) is 26.5. The molecule has 4 rings (SSSR count). The molecular weight excluding hydrogens is 490 g/mol. The summed E-state index contributed by atoms with van der Waals surface area (Å²) >= 11 is 0. The largest absolute Gasteiger partial charge is 0.489 e. The minimum absolute atomic E-state index is 0.0270. The number of aliphatic hydroxyl groups excluding tert-OH is 1. The van der Waals surface area contributed by atoms with Crippen molar-refractivity contribution in [2.75, 3.05) is 5.32 Å². The normalized spacial score (nSPS) is 18.4. The monoisotopic (exact) mass is 517 g/mol. The molecule has 0 saturated heterocycles. The van der Waals surface area contributed by atoms with Crippen LogP contribution in [-0.4, -0.2) is 22.4 Å². The average Bonchev–Trinajstić information content (AvgIpc) is 3.32. The van der Waals surface area contributed by atoms with Crippen molar-refractivity contribution in [2.24, 2.45) is 0 Å². The summed E-state index contributed by atoms with van der Waals surface area (Å²) in [5.74, 6) is -1.83. The molecule has 0 aromatic heterocycles. The Morgan fingerprint density at radius 3 is 2.41 bits per heavy atom. The van der Waals surface area contributed by atoms with Crippen LogP contribution >= 0.6 is 0 Å². The highest BCUT2D eigenvalue weighted by atomic mass is 19.4. The molecule has 1 aliphatic rings. The average molecular weight is 518 g/mol.